The number of benzene rings is 4. The minimum atomic E-state index is -0.985. The molecule has 4 aromatic carbocycles. The van der Waals surface area contributed by atoms with Gasteiger partial charge >= 0.3 is 0 Å². The van der Waals surface area contributed by atoms with Gasteiger partial charge in [0.25, 0.3) is 0 Å². The Morgan fingerprint density at radius 2 is 1.87 bits per heavy atom. The van der Waals surface area contributed by atoms with E-state index in [1.807, 2.05) is 12.3 Å². The van der Waals surface area contributed by atoms with Crippen molar-refractivity contribution in [2.75, 3.05) is 5.75 Å². The highest BCUT2D eigenvalue weighted by atomic mass is 32.2. The lowest BCUT2D eigenvalue weighted by atomic mass is 9.76. The Kier molecular flexibility index (Phi) is 2.33. The molecule has 0 bridgehead atoms. The SMILES string of the molecule is O=C1CC2CS(=O)Cc3c2c2c1cc1[nH]c4cnc5cc(O)c6sc3c3c6c5c4c1c23. The lowest BCUT2D eigenvalue weighted by Gasteiger charge is -2.32. The summed E-state index contributed by atoms with van der Waals surface area (Å²) >= 11 is 1.60. The molecule has 2 N–H and O–H groups in total. The fraction of sp³-hybridized carbons (Fsp3) is 0.167. The van der Waals surface area contributed by atoms with E-state index < -0.39 is 10.8 Å². The van der Waals surface area contributed by atoms with Gasteiger partial charge in [0.15, 0.2) is 5.78 Å². The number of aromatic amines is 1. The Bertz CT molecular complexity index is 1980. The first kappa shape index (κ1) is 15.7. The summed E-state index contributed by atoms with van der Waals surface area (Å²) in [5, 5.41) is 18.6. The van der Waals surface area contributed by atoms with Crippen LogP contribution in [0.3, 0.4) is 0 Å². The van der Waals surface area contributed by atoms with E-state index in [9.17, 15) is 14.1 Å². The molecule has 7 heteroatoms. The summed E-state index contributed by atoms with van der Waals surface area (Å²) in [5.41, 5.74) is 5.84. The highest BCUT2D eigenvalue weighted by Gasteiger charge is 2.39. The van der Waals surface area contributed by atoms with Crippen molar-refractivity contribution in [3.8, 4) is 5.75 Å². The molecule has 0 saturated heterocycles. The van der Waals surface area contributed by atoms with Gasteiger partial charge in [0.2, 0.25) is 0 Å². The average Bonchev–Trinajstić information content (AvgIpc) is 3.32. The van der Waals surface area contributed by atoms with Gasteiger partial charge in [-0.3, -0.25) is 14.0 Å². The predicted octanol–water partition coefficient (Wildman–Crippen LogP) is 5.34. The molecule has 2 atom stereocenters. The number of nitrogens with one attached hydrogen (secondary N) is 1. The van der Waals surface area contributed by atoms with E-state index in [2.05, 4.69) is 9.97 Å². The van der Waals surface area contributed by atoms with Crippen LogP contribution in [-0.2, 0) is 16.6 Å². The number of fused-ring (bicyclic) bond motifs is 1. The second kappa shape index (κ2) is 4.59. The summed E-state index contributed by atoms with van der Waals surface area (Å²) in [6, 6.07) is 3.78. The van der Waals surface area contributed by atoms with Crippen molar-refractivity contribution >= 4 is 91.6 Å². The monoisotopic (exact) mass is 440 g/mol. The fourth-order valence-electron chi connectivity index (χ4n) is 6.56. The number of phenols is 1. The molecule has 148 valence electrons. The van der Waals surface area contributed by atoms with Crippen molar-refractivity contribution in [3.63, 3.8) is 0 Å². The molecule has 0 amide bonds. The topological polar surface area (TPSA) is 83.0 Å². The van der Waals surface area contributed by atoms with Crippen LogP contribution in [0.5, 0.6) is 5.75 Å². The Balaban J connectivity index is 1.77. The number of aromatic nitrogens is 2. The zero-order chi connectivity index (χ0) is 20.3. The van der Waals surface area contributed by atoms with Crippen molar-refractivity contribution in [1.82, 2.24) is 9.97 Å². The molecule has 0 saturated carbocycles. The van der Waals surface area contributed by atoms with Crippen molar-refractivity contribution in [2.45, 2.75) is 18.1 Å². The molecule has 9 rings (SSSR count). The number of carbonyl (C=O) groups excluding carboxylic acids is 1. The van der Waals surface area contributed by atoms with Gasteiger partial charge in [-0.1, -0.05) is 0 Å². The van der Waals surface area contributed by atoms with Gasteiger partial charge in [-0.2, -0.15) is 0 Å². The van der Waals surface area contributed by atoms with Crippen LogP contribution in [0, 0.1) is 0 Å². The second-order valence-corrected chi connectivity index (χ2v) is 11.6. The van der Waals surface area contributed by atoms with Crippen molar-refractivity contribution in [2.24, 2.45) is 0 Å². The molecule has 5 nitrogen and oxygen atoms in total. The van der Waals surface area contributed by atoms with Gasteiger partial charge in [-0.05, 0) is 22.6 Å². The van der Waals surface area contributed by atoms with Crippen molar-refractivity contribution < 1.29 is 14.1 Å². The van der Waals surface area contributed by atoms with Gasteiger partial charge in [0.1, 0.15) is 5.75 Å². The summed E-state index contributed by atoms with van der Waals surface area (Å²) in [4.78, 5) is 21.4. The first-order valence-corrected chi connectivity index (χ1v) is 12.6. The first-order chi connectivity index (χ1) is 15.1. The maximum Gasteiger partial charge on any atom is 0.164 e. The third kappa shape index (κ3) is 1.50. The Morgan fingerprint density at radius 3 is 2.77 bits per heavy atom. The van der Waals surface area contributed by atoms with Crippen LogP contribution in [0.4, 0.5) is 0 Å². The second-order valence-electron chi connectivity index (χ2n) is 9.04. The third-order valence-corrected chi connectivity index (χ3v) is 10.2. The number of phenolic OH excluding ortho intramolecular Hbond substituents is 1. The number of ketones is 1. The molecule has 0 radical (unpaired) electrons. The molecular weight excluding hydrogens is 428 g/mol. The number of nitrogens with zero attached hydrogens (tertiary/aromatic N) is 1. The molecule has 2 aliphatic rings. The molecule has 31 heavy (non-hydrogen) atoms. The molecule has 4 heterocycles. The molecular formula is C24H12N2O3S2. The molecule has 2 unspecified atom stereocenters. The third-order valence-electron chi connectivity index (χ3n) is 7.57. The largest absolute Gasteiger partial charge is 0.506 e. The van der Waals surface area contributed by atoms with Gasteiger partial charge in [0.05, 0.1) is 27.7 Å². The zero-order valence-electron chi connectivity index (χ0n) is 16.0. The smallest absolute Gasteiger partial charge is 0.164 e. The number of rotatable bonds is 0. The van der Waals surface area contributed by atoms with E-state index in [0.717, 1.165) is 74.8 Å². The molecule has 7 aromatic rings. The number of pyridine rings is 1. The standard InChI is InChI=1S/C24H12N2O3S2/c27-13-1-7-5-31(29)6-9-15(7)16-8(13)2-11-18-19-12(26-11)4-25-10-3-14(28)24-21(17(10)19)22(20(16)18)23(9)30-24/h2-4,7,26,28H,1,5-6H2. The van der Waals surface area contributed by atoms with Gasteiger partial charge in [-0.25, -0.2) is 0 Å². The van der Waals surface area contributed by atoms with E-state index >= 15 is 0 Å². The van der Waals surface area contributed by atoms with E-state index in [1.54, 1.807) is 17.4 Å². The van der Waals surface area contributed by atoms with Gasteiger partial charge in [0, 0.05) is 83.1 Å². The molecule has 3 aromatic heterocycles. The van der Waals surface area contributed by atoms with E-state index in [0.29, 0.717) is 17.9 Å². The summed E-state index contributed by atoms with van der Waals surface area (Å²) in [6.07, 6.45) is 2.25. The molecule has 1 aliphatic carbocycles. The number of carbonyl (C=O) groups is 1. The lowest BCUT2D eigenvalue weighted by Crippen LogP contribution is -2.26. The maximum atomic E-state index is 13.2. The Hall–Kier alpha value is -3.03. The van der Waals surface area contributed by atoms with Crippen LogP contribution in [0.15, 0.2) is 18.3 Å². The zero-order valence-corrected chi connectivity index (χ0v) is 17.6. The highest BCUT2D eigenvalue weighted by Crippen LogP contribution is 2.57. The number of hydrogen-bond donors (Lipinski definition) is 2. The van der Waals surface area contributed by atoms with Crippen LogP contribution in [0.2, 0.25) is 0 Å². The van der Waals surface area contributed by atoms with Crippen LogP contribution < -0.4 is 0 Å². The van der Waals surface area contributed by atoms with Crippen LogP contribution >= 0.6 is 11.3 Å². The summed E-state index contributed by atoms with van der Waals surface area (Å²) < 4.78 is 14.8. The minimum Gasteiger partial charge on any atom is -0.506 e. The van der Waals surface area contributed by atoms with Crippen LogP contribution in [0.1, 0.15) is 33.8 Å². The molecule has 1 aliphatic heterocycles. The lowest BCUT2D eigenvalue weighted by molar-refractivity contribution is 0.0974. The molecule has 0 spiro atoms. The summed E-state index contributed by atoms with van der Waals surface area (Å²) in [5.74, 6) is 1.46. The van der Waals surface area contributed by atoms with Crippen LogP contribution in [0.25, 0.3) is 63.7 Å². The van der Waals surface area contributed by atoms with E-state index in [1.165, 1.54) is 5.56 Å². The van der Waals surface area contributed by atoms with Gasteiger partial charge in [-0.15, -0.1) is 11.3 Å². The quantitative estimate of drug-likeness (QED) is 0.246. The van der Waals surface area contributed by atoms with Crippen molar-refractivity contribution in [1.29, 1.82) is 0 Å². The average molecular weight is 441 g/mol. The minimum absolute atomic E-state index is 0.0125. The van der Waals surface area contributed by atoms with Gasteiger partial charge < -0.3 is 10.1 Å². The Labute approximate surface area is 180 Å². The maximum absolute atomic E-state index is 13.2. The summed E-state index contributed by atoms with van der Waals surface area (Å²) in [7, 11) is -0.985. The van der Waals surface area contributed by atoms with E-state index in [-0.39, 0.29) is 17.5 Å². The number of aromatic hydroxyl groups is 1. The number of thiophene rings is 1. The fourth-order valence-corrected chi connectivity index (χ4v) is 9.41. The number of H-pyrrole nitrogens is 1. The van der Waals surface area contributed by atoms with Crippen molar-refractivity contribution in [3.05, 3.63) is 35.0 Å². The first-order valence-electron chi connectivity index (χ1n) is 10.3. The van der Waals surface area contributed by atoms with E-state index in [4.69, 9.17) is 0 Å². The Morgan fingerprint density at radius 1 is 1.03 bits per heavy atom. The summed E-state index contributed by atoms with van der Waals surface area (Å²) in [6.45, 7) is 0. The number of hydrogen-bond acceptors (Lipinski definition) is 5. The highest BCUT2D eigenvalue weighted by molar-refractivity contribution is 7.84. The molecule has 0 fully saturated rings. The van der Waals surface area contributed by atoms with Crippen LogP contribution in [-0.4, -0.2) is 30.8 Å². The normalized spacial score (nSPS) is 21.5. The predicted molar refractivity (Wildman–Crippen MR) is 125 cm³/mol. The number of Topliss-reactive ketones (excluding diaryl/α,β-unsaturated/α-hetero) is 1.